The maximum absolute atomic E-state index is 12.1. The Morgan fingerprint density at radius 3 is 1.16 bits per heavy atom. The van der Waals surface area contributed by atoms with Crippen molar-refractivity contribution in [1.82, 2.24) is 9.80 Å². The molecule has 4 rings (SSSR count). The standard InChI is InChI=1S/C15H19NO2.C14H18N2O2.C7H16O/c1-10(2)8-11(3)9-16-14(17)12-6-4-5-7-13(12)15(16)18;1-9(2)7-10(15)8-16-13(17)11-5-3-4-6-12(11)14(16)18;1-6(2)4-7(3)5-8/h4-7,10-11H,8-9H2,1-3H3;3-6,9-10H,7-8,15H2,1-2H3;6-8H,4-5H2,1-3H3/t11-;10-;7-/m111/s1. The Balaban J connectivity index is 0.000000248. The summed E-state index contributed by atoms with van der Waals surface area (Å²) in [6.07, 6.45) is 2.96. The summed E-state index contributed by atoms with van der Waals surface area (Å²) >= 11 is 0. The molecule has 0 fully saturated rings. The third kappa shape index (κ3) is 10.4. The molecule has 2 aromatic rings. The first kappa shape index (κ1) is 36.8. The van der Waals surface area contributed by atoms with Crippen molar-refractivity contribution >= 4 is 23.6 Å². The number of aliphatic hydroxyl groups is 1. The molecule has 0 bridgehead atoms. The molecule has 0 saturated heterocycles. The lowest BCUT2D eigenvalue weighted by atomic mass is 9.98. The summed E-state index contributed by atoms with van der Waals surface area (Å²) in [7, 11) is 0. The molecule has 8 heteroatoms. The fourth-order valence-electron chi connectivity index (χ4n) is 5.79. The number of hydrogen-bond donors (Lipinski definition) is 2. The van der Waals surface area contributed by atoms with Gasteiger partial charge in [0.05, 0.1) is 22.3 Å². The molecule has 242 valence electrons. The molecule has 8 nitrogen and oxygen atoms in total. The van der Waals surface area contributed by atoms with E-state index >= 15 is 0 Å². The number of nitrogens with zero attached hydrogens (tertiary/aromatic N) is 2. The number of aliphatic hydroxyl groups excluding tert-OH is 1. The van der Waals surface area contributed by atoms with Crippen LogP contribution in [0.25, 0.3) is 0 Å². The molecule has 4 amide bonds. The van der Waals surface area contributed by atoms with E-state index in [2.05, 4.69) is 55.4 Å². The smallest absolute Gasteiger partial charge is 0.261 e. The third-order valence-corrected chi connectivity index (χ3v) is 7.50. The lowest BCUT2D eigenvalue weighted by Crippen LogP contribution is -2.41. The Hall–Kier alpha value is -3.36. The first-order chi connectivity index (χ1) is 20.7. The molecular weight excluding hydrogens is 554 g/mol. The van der Waals surface area contributed by atoms with Gasteiger partial charge in [0.2, 0.25) is 0 Å². The molecule has 2 aliphatic heterocycles. The molecule has 2 heterocycles. The van der Waals surface area contributed by atoms with Crippen LogP contribution in [0.3, 0.4) is 0 Å². The van der Waals surface area contributed by atoms with Crippen LogP contribution in [0.4, 0.5) is 0 Å². The summed E-state index contributed by atoms with van der Waals surface area (Å²) in [5.74, 6) is 1.83. The maximum Gasteiger partial charge on any atom is 0.261 e. The van der Waals surface area contributed by atoms with Crippen molar-refractivity contribution in [3.8, 4) is 0 Å². The van der Waals surface area contributed by atoms with Gasteiger partial charge in [-0.05, 0) is 73.1 Å². The van der Waals surface area contributed by atoms with Crippen molar-refractivity contribution in [2.75, 3.05) is 19.7 Å². The summed E-state index contributed by atoms with van der Waals surface area (Å²) in [5.41, 5.74) is 8.02. The van der Waals surface area contributed by atoms with E-state index in [0.717, 1.165) is 25.2 Å². The second-order valence-corrected chi connectivity index (χ2v) is 13.6. The van der Waals surface area contributed by atoms with Gasteiger partial charge in [0.15, 0.2) is 0 Å². The van der Waals surface area contributed by atoms with Crippen molar-refractivity contribution in [2.24, 2.45) is 35.3 Å². The van der Waals surface area contributed by atoms with Gasteiger partial charge in [0.25, 0.3) is 23.6 Å². The van der Waals surface area contributed by atoms with Crippen LogP contribution in [-0.2, 0) is 0 Å². The van der Waals surface area contributed by atoms with Crippen molar-refractivity contribution in [3.05, 3.63) is 70.8 Å². The van der Waals surface area contributed by atoms with E-state index in [0.29, 0.717) is 65.6 Å². The maximum atomic E-state index is 12.1. The number of imide groups is 2. The molecule has 0 radical (unpaired) electrons. The van der Waals surface area contributed by atoms with Crippen LogP contribution in [-0.4, -0.2) is 64.3 Å². The molecule has 2 aliphatic rings. The monoisotopic (exact) mass is 607 g/mol. The van der Waals surface area contributed by atoms with Gasteiger partial charge in [0, 0.05) is 25.7 Å². The zero-order valence-electron chi connectivity index (χ0n) is 27.9. The predicted molar refractivity (Wildman–Crippen MR) is 175 cm³/mol. The quantitative estimate of drug-likeness (QED) is 0.290. The number of amides is 4. The Morgan fingerprint density at radius 1 is 0.545 bits per heavy atom. The summed E-state index contributed by atoms with van der Waals surface area (Å²) in [5, 5.41) is 8.58. The summed E-state index contributed by atoms with van der Waals surface area (Å²) < 4.78 is 0. The number of carbonyl (C=O) groups excluding carboxylic acids is 4. The van der Waals surface area contributed by atoms with E-state index in [1.807, 2.05) is 0 Å². The van der Waals surface area contributed by atoms with Crippen LogP contribution in [0.5, 0.6) is 0 Å². The molecule has 0 unspecified atom stereocenters. The minimum atomic E-state index is -0.227. The first-order valence-corrected chi connectivity index (χ1v) is 15.9. The van der Waals surface area contributed by atoms with Gasteiger partial charge in [-0.25, -0.2) is 0 Å². The predicted octanol–water partition coefficient (Wildman–Crippen LogP) is 6.28. The topological polar surface area (TPSA) is 121 Å². The summed E-state index contributed by atoms with van der Waals surface area (Å²) in [6.45, 7) is 18.1. The largest absolute Gasteiger partial charge is 0.396 e. The van der Waals surface area contributed by atoms with Gasteiger partial charge in [0.1, 0.15) is 0 Å². The molecule has 2 aromatic carbocycles. The van der Waals surface area contributed by atoms with Crippen molar-refractivity contribution in [2.45, 2.75) is 80.7 Å². The number of rotatable bonds is 11. The average molecular weight is 608 g/mol. The van der Waals surface area contributed by atoms with Gasteiger partial charge < -0.3 is 10.8 Å². The zero-order chi connectivity index (χ0) is 33.1. The van der Waals surface area contributed by atoms with Crippen LogP contribution >= 0.6 is 0 Å². The van der Waals surface area contributed by atoms with Crippen LogP contribution in [0, 0.1) is 29.6 Å². The Bertz CT molecular complexity index is 1110. The van der Waals surface area contributed by atoms with Gasteiger partial charge in [-0.1, -0.05) is 79.7 Å². The number of benzene rings is 2. The van der Waals surface area contributed by atoms with Gasteiger partial charge in [-0.15, -0.1) is 0 Å². The van der Waals surface area contributed by atoms with Gasteiger partial charge in [-0.2, -0.15) is 0 Å². The summed E-state index contributed by atoms with van der Waals surface area (Å²) in [4.78, 5) is 51.1. The third-order valence-electron chi connectivity index (χ3n) is 7.50. The second kappa shape index (κ2) is 17.2. The number of nitrogens with two attached hydrogens (primary N) is 1. The van der Waals surface area contributed by atoms with Crippen molar-refractivity contribution in [1.29, 1.82) is 0 Å². The Morgan fingerprint density at radius 2 is 0.864 bits per heavy atom. The molecule has 0 aliphatic carbocycles. The van der Waals surface area contributed by atoms with E-state index in [1.165, 1.54) is 9.80 Å². The zero-order valence-corrected chi connectivity index (χ0v) is 27.9. The fraction of sp³-hybridized carbons (Fsp3) is 0.556. The highest BCUT2D eigenvalue weighted by Gasteiger charge is 2.36. The van der Waals surface area contributed by atoms with Crippen LogP contribution in [0.15, 0.2) is 48.5 Å². The minimum Gasteiger partial charge on any atom is -0.396 e. The fourth-order valence-corrected chi connectivity index (χ4v) is 5.79. The van der Waals surface area contributed by atoms with Crippen LogP contribution in [0.1, 0.15) is 116 Å². The minimum absolute atomic E-state index is 0.147. The highest BCUT2D eigenvalue weighted by Crippen LogP contribution is 2.25. The molecular formula is C36H53N3O5. The molecule has 0 aromatic heterocycles. The molecule has 3 N–H and O–H groups in total. The Labute approximate surface area is 264 Å². The molecule has 44 heavy (non-hydrogen) atoms. The van der Waals surface area contributed by atoms with E-state index in [-0.39, 0.29) is 29.7 Å². The second-order valence-electron chi connectivity index (χ2n) is 13.6. The highest BCUT2D eigenvalue weighted by molar-refractivity contribution is 6.22. The number of fused-ring (bicyclic) bond motifs is 2. The highest BCUT2D eigenvalue weighted by atomic mass is 16.3. The Kier molecular flexibility index (Phi) is 14.4. The lowest BCUT2D eigenvalue weighted by Gasteiger charge is -2.20. The van der Waals surface area contributed by atoms with Crippen molar-refractivity contribution < 1.29 is 24.3 Å². The van der Waals surface area contributed by atoms with Crippen LogP contribution in [0.2, 0.25) is 0 Å². The molecule has 3 atom stereocenters. The number of hydrogen-bond acceptors (Lipinski definition) is 6. The van der Waals surface area contributed by atoms with E-state index in [4.69, 9.17) is 10.8 Å². The molecule has 0 saturated carbocycles. The lowest BCUT2D eigenvalue weighted by molar-refractivity contribution is 0.0618. The van der Waals surface area contributed by atoms with Crippen LogP contribution < -0.4 is 5.73 Å². The van der Waals surface area contributed by atoms with E-state index in [1.54, 1.807) is 48.5 Å². The number of carbonyl (C=O) groups is 4. The first-order valence-electron chi connectivity index (χ1n) is 15.9. The normalized spacial score (nSPS) is 16.0. The van der Waals surface area contributed by atoms with Gasteiger partial charge in [-0.3, -0.25) is 29.0 Å². The van der Waals surface area contributed by atoms with E-state index < -0.39 is 0 Å². The molecule has 0 spiro atoms. The summed E-state index contributed by atoms with van der Waals surface area (Å²) in [6, 6.07) is 13.8. The van der Waals surface area contributed by atoms with E-state index in [9.17, 15) is 19.2 Å². The van der Waals surface area contributed by atoms with Gasteiger partial charge >= 0.3 is 0 Å². The van der Waals surface area contributed by atoms with Crippen molar-refractivity contribution in [3.63, 3.8) is 0 Å². The average Bonchev–Trinajstić information content (AvgIpc) is 3.33. The SMILES string of the molecule is CC(C)C[C@@H](C)CN1C(=O)c2ccccc2C1=O.CC(C)C[C@@H](C)CO.CC(C)C[C@@H](N)CN1C(=O)c2ccccc2C1=O.